The topological polar surface area (TPSA) is 117 Å². The molecule has 0 radical (unpaired) electrons. The minimum atomic E-state index is -1.38. The van der Waals surface area contributed by atoms with Crippen molar-refractivity contribution in [3.63, 3.8) is 0 Å². The first kappa shape index (κ1) is 21.3. The van der Waals surface area contributed by atoms with E-state index in [1.807, 2.05) is 12.1 Å². The highest BCUT2D eigenvalue weighted by molar-refractivity contribution is 6.04. The monoisotopic (exact) mass is 426 g/mol. The number of ether oxygens (including phenoxy) is 1. The van der Waals surface area contributed by atoms with Gasteiger partial charge in [-0.15, -0.1) is 0 Å². The number of carbonyl (C=O) groups excluding carboxylic acids is 1. The molecule has 2 aliphatic rings. The number of nitrogens with two attached hydrogens (primary N) is 1. The first-order valence-corrected chi connectivity index (χ1v) is 10.9. The number of likely N-dealkylation sites (tertiary alicyclic amines) is 1. The summed E-state index contributed by atoms with van der Waals surface area (Å²) in [5.74, 6) is -0.0944. The van der Waals surface area contributed by atoms with E-state index in [4.69, 9.17) is 10.5 Å². The number of fused-ring (bicyclic) bond motifs is 1. The second-order valence-electron chi connectivity index (χ2n) is 8.08. The van der Waals surface area contributed by atoms with Gasteiger partial charge in [0.1, 0.15) is 5.69 Å². The molecule has 1 amide bonds. The Morgan fingerprint density at radius 1 is 1.16 bits per heavy atom. The lowest BCUT2D eigenvalue weighted by molar-refractivity contribution is -0.124. The van der Waals surface area contributed by atoms with Gasteiger partial charge >= 0.3 is 6.01 Å². The molecule has 31 heavy (non-hydrogen) atoms. The summed E-state index contributed by atoms with van der Waals surface area (Å²) in [5.41, 5.74) is 8.55. The summed E-state index contributed by atoms with van der Waals surface area (Å²) < 4.78 is 5.61. The standard InChI is InChI=1S/C22H30N6O3/c1-2-3-12-31-22-25-18(23)17-19(26-22)28(21(30)20(29)24-17)14-16-8-6-15(7-9-16)13-27-10-4-5-11-27/h6-9,21,30H,2-5,10-14H2,1H3,(H,24,29)(H2,23,25,26). The fourth-order valence-electron chi connectivity index (χ4n) is 3.90. The van der Waals surface area contributed by atoms with E-state index in [0.717, 1.165) is 38.0 Å². The Morgan fingerprint density at radius 2 is 1.84 bits per heavy atom. The van der Waals surface area contributed by atoms with Crippen LogP contribution in [-0.4, -0.2) is 51.8 Å². The Balaban J connectivity index is 1.54. The number of benzene rings is 1. The number of carbonyl (C=O) groups is 1. The highest BCUT2D eigenvalue weighted by Gasteiger charge is 2.35. The van der Waals surface area contributed by atoms with E-state index < -0.39 is 12.1 Å². The molecule has 1 fully saturated rings. The minimum Gasteiger partial charge on any atom is -0.463 e. The Morgan fingerprint density at radius 3 is 2.52 bits per heavy atom. The number of anilines is 3. The van der Waals surface area contributed by atoms with Crippen LogP contribution in [0.3, 0.4) is 0 Å². The lowest BCUT2D eigenvalue weighted by Gasteiger charge is -2.34. The van der Waals surface area contributed by atoms with Crippen LogP contribution in [0.25, 0.3) is 0 Å². The van der Waals surface area contributed by atoms with Crippen LogP contribution in [-0.2, 0) is 17.9 Å². The van der Waals surface area contributed by atoms with Gasteiger partial charge in [0.2, 0.25) is 6.23 Å². The van der Waals surface area contributed by atoms with Gasteiger partial charge in [0.05, 0.1) is 6.61 Å². The highest BCUT2D eigenvalue weighted by atomic mass is 16.5. The van der Waals surface area contributed by atoms with Crippen LogP contribution < -0.4 is 20.7 Å². The number of nitrogen functional groups attached to an aromatic ring is 1. The molecule has 1 aromatic carbocycles. The summed E-state index contributed by atoms with van der Waals surface area (Å²) in [4.78, 5) is 24.8. The molecule has 4 N–H and O–H groups in total. The zero-order chi connectivity index (χ0) is 21.8. The average Bonchev–Trinajstić information content (AvgIpc) is 3.27. The molecule has 1 atom stereocenters. The molecular weight excluding hydrogens is 396 g/mol. The van der Waals surface area contributed by atoms with Gasteiger partial charge in [-0.1, -0.05) is 37.6 Å². The van der Waals surface area contributed by atoms with Crippen LogP contribution in [0, 0.1) is 0 Å². The van der Waals surface area contributed by atoms with Crippen molar-refractivity contribution in [3.05, 3.63) is 35.4 Å². The molecule has 2 aliphatic heterocycles. The van der Waals surface area contributed by atoms with Crippen molar-refractivity contribution in [2.75, 3.05) is 35.6 Å². The Hall–Kier alpha value is -2.91. The van der Waals surface area contributed by atoms with Crippen LogP contribution >= 0.6 is 0 Å². The molecule has 1 unspecified atom stereocenters. The molecule has 0 spiro atoms. The minimum absolute atomic E-state index is 0.114. The fraction of sp³-hybridized carbons (Fsp3) is 0.500. The zero-order valence-electron chi connectivity index (χ0n) is 17.9. The van der Waals surface area contributed by atoms with Crippen molar-refractivity contribution in [1.82, 2.24) is 14.9 Å². The van der Waals surface area contributed by atoms with Gasteiger partial charge in [-0.25, -0.2) is 0 Å². The van der Waals surface area contributed by atoms with Crippen molar-refractivity contribution < 1.29 is 14.6 Å². The SMILES string of the molecule is CCCCOc1nc(N)c2c(n1)N(Cc1ccc(CN3CCCC3)cc1)C(O)C(=O)N2. The highest BCUT2D eigenvalue weighted by Crippen LogP contribution is 2.36. The summed E-state index contributed by atoms with van der Waals surface area (Å²) >= 11 is 0. The quantitative estimate of drug-likeness (QED) is 0.550. The summed E-state index contributed by atoms with van der Waals surface area (Å²) in [6.07, 6.45) is 3.00. The van der Waals surface area contributed by atoms with E-state index in [1.165, 1.54) is 23.3 Å². The maximum atomic E-state index is 12.3. The molecule has 9 heteroatoms. The number of aliphatic hydroxyl groups excluding tert-OH is 1. The van der Waals surface area contributed by atoms with E-state index in [1.54, 1.807) is 0 Å². The summed E-state index contributed by atoms with van der Waals surface area (Å²) in [7, 11) is 0. The molecule has 166 valence electrons. The lowest BCUT2D eigenvalue weighted by Crippen LogP contribution is -2.48. The zero-order valence-corrected chi connectivity index (χ0v) is 17.9. The summed E-state index contributed by atoms with van der Waals surface area (Å²) in [5, 5.41) is 13.1. The normalized spacial score (nSPS) is 18.7. The average molecular weight is 427 g/mol. The molecule has 0 bridgehead atoms. The van der Waals surface area contributed by atoms with Crippen molar-refractivity contribution in [2.24, 2.45) is 0 Å². The Labute approximate surface area is 182 Å². The Bertz CT molecular complexity index is 914. The number of nitrogens with one attached hydrogen (secondary N) is 1. The molecule has 1 saturated heterocycles. The number of aliphatic hydroxyl groups is 1. The third kappa shape index (κ3) is 4.88. The molecule has 0 saturated carbocycles. The van der Waals surface area contributed by atoms with E-state index in [0.29, 0.717) is 24.7 Å². The van der Waals surface area contributed by atoms with Crippen molar-refractivity contribution >= 4 is 23.2 Å². The molecule has 4 rings (SSSR count). The van der Waals surface area contributed by atoms with Crippen LogP contribution in [0.15, 0.2) is 24.3 Å². The van der Waals surface area contributed by atoms with E-state index in [-0.39, 0.29) is 11.8 Å². The van der Waals surface area contributed by atoms with E-state index in [9.17, 15) is 9.90 Å². The van der Waals surface area contributed by atoms with Crippen LogP contribution in [0.1, 0.15) is 43.7 Å². The predicted molar refractivity (Wildman–Crippen MR) is 119 cm³/mol. The number of nitrogens with zero attached hydrogens (tertiary/aromatic N) is 4. The van der Waals surface area contributed by atoms with Crippen LogP contribution in [0.2, 0.25) is 0 Å². The third-order valence-electron chi connectivity index (χ3n) is 5.66. The van der Waals surface area contributed by atoms with Crippen molar-refractivity contribution in [3.8, 4) is 6.01 Å². The second kappa shape index (κ2) is 9.49. The number of hydrogen-bond acceptors (Lipinski definition) is 8. The molecule has 3 heterocycles. The maximum Gasteiger partial charge on any atom is 0.320 e. The van der Waals surface area contributed by atoms with E-state index >= 15 is 0 Å². The number of unbranched alkanes of at least 4 members (excludes halogenated alkanes) is 1. The van der Waals surface area contributed by atoms with Crippen LogP contribution in [0.5, 0.6) is 6.01 Å². The smallest absolute Gasteiger partial charge is 0.320 e. The number of rotatable bonds is 8. The van der Waals surface area contributed by atoms with Gasteiger partial charge in [0.25, 0.3) is 5.91 Å². The Kier molecular flexibility index (Phi) is 6.53. The van der Waals surface area contributed by atoms with E-state index in [2.05, 4.69) is 39.2 Å². The van der Waals surface area contributed by atoms with Gasteiger partial charge < -0.3 is 25.8 Å². The predicted octanol–water partition coefficient (Wildman–Crippen LogP) is 2.11. The number of aromatic nitrogens is 2. The fourth-order valence-corrected chi connectivity index (χ4v) is 3.90. The summed E-state index contributed by atoms with van der Waals surface area (Å²) in [6, 6.07) is 8.37. The molecule has 1 aromatic heterocycles. The van der Waals surface area contributed by atoms with Gasteiger partial charge in [-0.05, 0) is 43.5 Å². The maximum absolute atomic E-state index is 12.3. The van der Waals surface area contributed by atoms with Gasteiger partial charge in [0, 0.05) is 13.1 Å². The number of amides is 1. The second-order valence-corrected chi connectivity index (χ2v) is 8.08. The van der Waals surface area contributed by atoms with Crippen molar-refractivity contribution in [2.45, 2.75) is 51.9 Å². The van der Waals surface area contributed by atoms with Gasteiger partial charge in [-0.3, -0.25) is 9.69 Å². The molecule has 0 aliphatic carbocycles. The van der Waals surface area contributed by atoms with Crippen molar-refractivity contribution in [1.29, 1.82) is 0 Å². The first-order valence-electron chi connectivity index (χ1n) is 10.9. The summed E-state index contributed by atoms with van der Waals surface area (Å²) in [6.45, 7) is 6.09. The molecule has 2 aromatic rings. The molecule has 9 nitrogen and oxygen atoms in total. The van der Waals surface area contributed by atoms with Crippen LogP contribution in [0.4, 0.5) is 17.3 Å². The third-order valence-corrected chi connectivity index (χ3v) is 5.66. The lowest BCUT2D eigenvalue weighted by atomic mass is 10.1. The van der Waals surface area contributed by atoms with Gasteiger partial charge in [0.15, 0.2) is 11.6 Å². The molecular formula is C22H30N6O3. The van der Waals surface area contributed by atoms with Gasteiger partial charge in [-0.2, -0.15) is 9.97 Å². The number of hydrogen-bond donors (Lipinski definition) is 3. The largest absolute Gasteiger partial charge is 0.463 e. The first-order chi connectivity index (χ1) is 15.0.